The van der Waals surface area contributed by atoms with Crippen LogP contribution in [0.3, 0.4) is 0 Å². The van der Waals surface area contributed by atoms with Crippen molar-refractivity contribution in [3.63, 3.8) is 0 Å². The summed E-state index contributed by atoms with van der Waals surface area (Å²) >= 11 is 0. The van der Waals surface area contributed by atoms with E-state index in [1.807, 2.05) is 25.7 Å². The third-order valence-corrected chi connectivity index (χ3v) is 5.14. The number of hydrogen-bond donors (Lipinski definition) is 1. The molecule has 2 unspecified atom stereocenters. The van der Waals surface area contributed by atoms with E-state index < -0.39 is 0 Å². The Balaban J connectivity index is 1.66. The molecule has 2 heterocycles. The van der Waals surface area contributed by atoms with Crippen LogP contribution in [0, 0.1) is 6.92 Å². The number of piperazine rings is 1. The van der Waals surface area contributed by atoms with Gasteiger partial charge in [-0.15, -0.1) is 0 Å². The van der Waals surface area contributed by atoms with E-state index in [9.17, 15) is 9.90 Å². The number of carbonyl (C=O) groups excluding carboxylic acids is 1. The highest BCUT2D eigenvalue weighted by Gasteiger charge is 2.34. The van der Waals surface area contributed by atoms with Crippen molar-refractivity contribution in [1.82, 2.24) is 15.0 Å². The van der Waals surface area contributed by atoms with Crippen molar-refractivity contribution in [1.29, 1.82) is 0 Å². The average Bonchev–Trinajstić information content (AvgIpc) is 3.12. The van der Waals surface area contributed by atoms with E-state index in [2.05, 4.69) is 10.1 Å². The molecule has 1 aromatic rings. The Labute approximate surface area is 137 Å². The van der Waals surface area contributed by atoms with Crippen molar-refractivity contribution >= 4 is 5.91 Å². The van der Waals surface area contributed by atoms with Crippen LogP contribution in [0.5, 0.6) is 0 Å². The van der Waals surface area contributed by atoms with E-state index in [4.69, 9.17) is 4.52 Å². The topological polar surface area (TPSA) is 69.8 Å². The first-order valence-corrected chi connectivity index (χ1v) is 8.66. The third-order valence-electron chi connectivity index (χ3n) is 5.14. The Morgan fingerprint density at radius 2 is 1.96 bits per heavy atom. The summed E-state index contributed by atoms with van der Waals surface area (Å²) in [4.78, 5) is 17.1. The molecule has 2 aliphatic rings. The molecule has 1 N–H and O–H groups in total. The summed E-state index contributed by atoms with van der Waals surface area (Å²) in [5.41, 5.74) is 1.31. The molecular formula is C17H27N3O3. The number of aliphatic hydroxyl groups is 1. The average molecular weight is 321 g/mol. The number of nitrogens with zero attached hydrogens (tertiary/aromatic N) is 3. The molecule has 6 heteroatoms. The van der Waals surface area contributed by atoms with Crippen molar-refractivity contribution in [3.05, 3.63) is 17.0 Å². The van der Waals surface area contributed by atoms with Crippen LogP contribution in [0.4, 0.5) is 0 Å². The van der Waals surface area contributed by atoms with Gasteiger partial charge in [0, 0.05) is 38.1 Å². The lowest BCUT2D eigenvalue weighted by atomic mass is 10.0. The Morgan fingerprint density at radius 1 is 1.26 bits per heavy atom. The largest absolute Gasteiger partial charge is 0.391 e. The van der Waals surface area contributed by atoms with Crippen LogP contribution in [0.15, 0.2) is 4.52 Å². The van der Waals surface area contributed by atoms with Gasteiger partial charge in [-0.1, -0.05) is 19.0 Å². The van der Waals surface area contributed by atoms with Gasteiger partial charge in [-0.05, 0) is 26.2 Å². The lowest BCUT2D eigenvalue weighted by Gasteiger charge is -2.39. The summed E-state index contributed by atoms with van der Waals surface area (Å²) in [5, 5.41) is 14.0. The van der Waals surface area contributed by atoms with E-state index in [-0.39, 0.29) is 24.0 Å². The number of aliphatic hydroxyl groups excluding tert-OH is 1. The second kappa shape index (κ2) is 6.61. The molecule has 2 atom stereocenters. The van der Waals surface area contributed by atoms with E-state index in [1.165, 1.54) is 0 Å². The maximum absolute atomic E-state index is 12.9. The fraction of sp³-hybridized carbons (Fsp3) is 0.765. The standard InChI is InChI=1S/C17H27N3O3/c1-11(2)16-15(12(3)18-23-16)17(22)20-9-7-19(8-10-20)13-5-4-6-14(13)21/h11,13-14,21H,4-10H2,1-3H3. The normalized spacial score (nSPS) is 26.2. The molecule has 0 radical (unpaired) electrons. The molecule has 1 saturated carbocycles. The van der Waals surface area contributed by atoms with Crippen molar-refractivity contribution in [2.45, 2.75) is 58.1 Å². The lowest BCUT2D eigenvalue weighted by molar-refractivity contribution is 0.0314. The predicted molar refractivity (Wildman–Crippen MR) is 86.5 cm³/mol. The molecule has 2 fully saturated rings. The molecule has 1 aliphatic carbocycles. The van der Waals surface area contributed by atoms with Gasteiger partial charge in [-0.3, -0.25) is 9.69 Å². The molecular weight excluding hydrogens is 294 g/mol. The number of hydrogen-bond acceptors (Lipinski definition) is 5. The van der Waals surface area contributed by atoms with Crippen molar-refractivity contribution in [2.24, 2.45) is 0 Å². The minimum Gasteiger partial charge on any atom is -0.391 e. The quantitative estimate of drug-likeness (QED) is 0.919. The van der Waals surface area contributed by atoms with Crippen LogP contribution >= 0.6 is 0 Å². The molecule has 6 nitrogen and oxygen atoms in total. The highest BCUT2D eigenvalue weighted by molar-refractivity contribution is 5.96. The fourth-order valence-corrected chi connectivity index (χ4v) is 3.80. The van der Waals surface area contributed by atoms with Crippen LogP contribution in [-0.4, -0.2) is 64.3 Å². The van der Waals surface area contributed by atoms with Crippen LogP contribution < -0.4 is 0 Å². The molecule has 1 aromatic heterocycles. The predicted octanol–water partition coefficient (Wildman–Crippen LogP) is 1.78. The molecule has 1 saturated heterocycles. The lowest BCUT2D eigenvalue weighted by Crippen LogP contribution is -2.53. The molecule has 3 rings (SSSR count). The molecule has 128 valence electrons. The minimum atomic E-state index is -0.204. The first-order chi connectivity index (χ1) is 11.0. The van der Waals surface area contributed by atoms with Gasteiger partial charge in [-0.2, -0.15) is 0 Å². The first-order valence-electron chi connectivity index (χ1n) is 8.66. The van der Waals surface area contributed by atoms with Crippen LogP contribution in [-0.2, 0) is 0 Å². The minimum absolute atomic E-state index is 0.0269. The van der Waals surface area contributed by atoms with Gasteiger partial charge >= 0.3 is 0 Å². The highest BCUT2D eigenvalue weighted by atomic mass is 16.5. The third kappa shape index (κ3) is 3.15. The number of amides is 1. The number of rotatable bonds is 3. The first kappa shape index (κ1) is 16.5. The summed E-state index contributed by atoms with van der Waals surface area (Å²) in [6, 6.07) is 0.274. The summed E-state index contributed by atoms with van der Waals surface area (Å²) < 4.78 is 5.34. The van der Waals surface area contributed by atoms with Gasteiger partial charge in [-0.25, -0.2) is 0 Å². The van der Waals surface area contributed by atoms with Gasteiger partial charge < -0.3 is 14.5 Å². The Kier molecular flexibility index (Phi) is 4.73. The van der Waals surface area contributed by atoms with Crippen molar-refractivity contribution in [3.8, 4) is 0 Å². The van der Waals surface area contributed by atoms with Crippen molar-refractivity contribution in [2.75, 3.05) is 26.2 Å². The molecule has 23 heavy (non-hydrogen) atoms. The van der Waals surface area contributed by atoms with Crippen LogP contribution in [0.25, 0.3) is 0 Å². The molecule has 0 spiro atoms. The van der Waals surface area contributed by atoms with Gasteiger partial charge in [0.1, 0.15) is 5.56 Å². The number of carbonyl (C=O) groups is 1. The monoisotopic (exact) mass is 321 g/mol. The van der Waals surface area contributed by atoms with Gasteiger partial charge in [0.05, 0.1) is 11.8 Å². The highest BCUT2D eigenvalue weighted by Crippen LogP contribution is 2.27. The zero-order valence-corrected chi connectivity index (χ0v) is 14.3. The van der Waals surface area contributed by atoms with Crippen molar-refractivity contribution < 1.29 is 14.4 Å². The van der Waals surface area contributed by atoms with Crippen LogP contribution in [0.2, 0.25) is 0 Å². The maximum atomic E-state index is 12.9. The van der Waals surface area contributed by atoms with Gasteiger partial charge in [0.2, 0.25) is 0 Å². The van der Waals surface area contributed by atoms with E-state index in [0.29, 0.717) is 30.1 Å². The second-order valence-electron chi connectivity index (χ2n) is 7.06. The molecule has 1 amide bonds. The van der Waals surface area contributed by atoms with E-state index in [0.717, 1.165) is 32.4 Å². The number of aromatic nitrogens is 1. The summed E-state index contributed by atoms with van der Waals surface area (Å²) in [6.45, 7) is 8.90. The summed E-state index contributed by atoms with van der Waals surface area (Å²) in [5.74, 6) is 0.852. The molecule has 0 aromatic carbocycles. The van der Waals surface area contributed by atoms with Gasteiger partial charge in [0.25, 0.3) is 5.91 Å². The summed E-state index contributed by atoms with van der Waals surface area (Å²) in [7, 11) is 0. The van der Waals surface area contributed by atoms with Gasteiger partial charge in [0.15, 0.2) is 5.76 Å². The zero-order chi connectivity index (χ0) is 16.6. The summed E-state index contributed by atoms with van der Waals surface area (Å²) in [6.07, 6.45) is 2.87. The molecule has 1 aliphatic heterocycles. The smallest absolute Gasteiger partial charge is 0.259 e. The molecule has 0 bridgehead atoms. The number of aryl methyl sites for hydroxylation is 1. The van der Waals surface area contributed by atoms with E-state index >= 15 is 0 Å². The zero-order valence-electron chi connectivity index (χ0n) is 14.3. The SMILES string of the molecule is Cc1noc(C(C)C)c1C(=O)N1CCN(C2CCCC2O)CC1. The Hall–Kier alpha value is -1.40. The fourth-order valence-electron chi connectivity index (χ4n) is 3.80. The second-order valence-corrected chi connectivity index (χ2v) is 7.06. The maximum Gasteiger partial charge on any atom is 0.259 e. The Bertz CT molecular complexity index is 561. The van der Waals surface area contributed by atoms with E-state index in [1.54, 1.807) is 0 Å². The Morgan fingerprint density at radius 3 is 2.52 bits per heavy atom. The van der Waals surface area contributed by atoms with Crippen LogP contribution in [0.1, 0.15) is 60.8 Å².